The van der Waals surface area contributed by atoms with Crippen molar-refractivity contribution in [2.45, 2.75) is 103 Å². The van der Waals surface area contributed by atoms with Crippen LogP contribution in [-0.4, -0.2) is 64.9 Å². The zero-order chi connectivity index (χ0) is 25.0. The third kappa shape index (κ3) is 5.58. The fourth-order valence-corrected chi connectivity index (χ4v) is 5.95. The van der Waals surface area contributed by atoms with Crippen molar-refractivity contribution in [1.82, 2.24) is 25.7 Å². The number of nitrogens with one attached hydrogen (secondary N) is 3. The molecule has 1 saturated heterocycles. The van der Waals surface area contributed by atoms with Gasteiger partial charge in [-0.3, -0.25) is 9.89 Å². The lowest BCUT2D eigenvalue weighted by molar-refractivity contribution is -0.128. The van der Waals surface area contributed by atoms with E-state index in [1.165, 1.54) is 18.4 Å². The van der Waals surface area contributed by atoms with Crippen LogP contribution in [0.5, 0.6) is 0 Å². The Bertz CT molecular complexity index is 832. The molecule has 34 heavy (non-hydrogen) atoms. The van der Waals surface area contributed by atoms with E-state index in [9.17, 15) is 9.59 Å². The Labute approximate surface area is 205 Å². The summed E-state index contributed by atoms with van der Waals surface area (Å²) in [7, 11) is 1.42. The second-order valence-corrected chi connectivity index (χ2v) is 11.3. The highest BCUT2D eigenvalue weighted by molar-refractivity contribution is 5.86. The number of nitrogens with zero attached hydrogens (tertiary/aromatic N) is 2. The minimum atomic E-state index is -0.296. The van der Waals surface area contributed by atoms with Crippen LogP contribution in [0.1, 0.15) is 96.7 Å². The summed E-state index contributed by atoms with van der Waals surface area (Å²) >= 11 is 0. The van der Waals surface area contributed by atoms with Crippen molar-refractivity contribution >= 4 is 12.0 Å². The normalized spacial score (nSPS) is 24.3. The highest BCUT2D eigenvalue weighted by Crippen LogP contribution is 2.49. The highest BCUT2D eigenvalue weighted by Gasteiger charge is 2.53. The van der Waals surface area contributed by atoms with Crippen molar-refractivity contribution in [2.75, 3.05) is 26.7 Å². The second kappa shape index (κ2) is 10.7. The van der Waals surface area contributed by atoms with Crippen molar-refractivity contribution in [1.29, 1.82) is 0 Å². The van der Waals surface area contributed by atoms with Gasteiger partial charge in [0.15, 0.2) is 0 Å². The van der Waals surface area contributed by atoms with Gasteiger partial charge >= 0.3 is 6.09 Å². The molecule has 8 heteroatoms. The molecule has 0 bridgehead atoms. The third-order valence-corrected chi connectivity index (χ3v) is 8.28. The number of ether oxygens (including phenoxy) is 1. The number of carbonyl (C=O) groups excluding carboxylic acids is 2. The number of hydrogen-bond acceptors (Lipinski definition) is 5. The van der Waals surface area contributed by atoms with Crippen LogP contribution in [-0.2, 0) is 16.0 Å². The molecule has 2 amide bonds. The number of methoxy groups -OCH3 is 1. The quantitative estimate of drug-likeness (QED) is 0.466. The van der Waals surface area contributed by atoms with Gasteiger partial charge in [-0.25, -0.2) is 4.79 Å². The molecule has 3 rings (SSSR count). The molecular weight excluding hydrogens is 430 g/mol. The fraction of sp³-hybridized carbons (Fsp3) is 0.808. The number of amides is 2. The monoisotopic (exact) mass is 475 g/mol. The Morgan fingerprint density at radius 3 is 2.47 bits per heavy atom. The van der Waals surface area contributed by atoms with Gasteiger partial charge in [-0.2, -0.15) is 5.10 Å². The van der Waals surface area contributed by atoms with E-state index in [1.54, 1.807) is 4.90 Å². The summed E-state index contributed by atoms with van der Waals surface area (Å²) in [5.41, 5.74) is 2.05. The predicted octanol–water partition coefficient (Wildman–Crippen LogP) is 4.13. The average Bonchev–Trinajstić information content (AvgIpc) is 3.37. The number of aromatic nitrogens is 2. The lowest BCUT2D eigenvalue weighted by atomic mass is 9.69. The Hall–Kier alpha value is -2.09. The summed E-state index contributed by atoms with van der Waals surface area (Å²) in [5.74, 6) is 0.732. The van der Waals surface area contributed by atoms with Crippen LogP contribution in [0.2, 0.25) is 0 Å². The van der Waals surface area contributed by atoms with Gasteiger partial charge in [0.25, 0.3) is 0 Å². The third-order valence-electron chi connectivity index (χ3n) is 8.28. The van der Waals surface area contributed by atoms with E-state index in [1.807, 2.05) is 27.0 Å². The van der Waals surface area contributed by atoms with Crippen LogP contribution in [0.3, 0.4) is 0 Å². The summed E-state index contributed by atoms with van der Waals surface area (Å²) in [6.07, 6.45) is 9.61. The van der Waals surface area contributed by atoms with Crippen molar-refractivity contribution in [3.8, 4) is 0 Å². The van der Waals surface area contributed by atoms with E-state index < -0.39 is 0 Å². The molecular formula is C26H45N5O3. The van der Waals surface area contributed by atoms with Crippen LogP contribution in [0.4, 0.5) is 4.79 Å². The van der Waals surface area contributed by atoms with Gasteiger partial charge < -0.3 is 20.3 Å². The van der Waals surface area contributed by atoms with Crippen molar-refractivity contribution in [3.05, 3.63) is 17.5 Å². The van der Waals surface area contributed by atoms with Gasteiger partial charge in [0.2, 0.25) is 5.91 Å². The van der Waals surface area contributed by atoms with Crippen molar-refractivity contribution < 1.29 is 14.3 Å². The number of H-pyrrole nitrogens is 1. The second-order valence-electron chi connectivity index (χ2n) is 11.3. The molecule has 0 unspecified atom stereocenters. The maximum absolute atomic E-state index is 12.8. The van der Waals surface area contributed by atoms with Crippen LogP contribution < -0.4 is 10.6 Å². The Balaban J connectivity index is 1.49. The first kappa shape index (κ1) is 26.5. The zero-order valence-corrected chi connectivity index (χ0v) is 22.1. The molecule has 1 saturated carbocycles. The van der Waals surface area contributed by atoms with Crippen LogP contribution in [0.25, 0.3) is 0 Å². The minimum absolute atomic E-state index is 0.0140. The fourth-order valence-electron chi connectivity index (χ4n) is 5.95. The first-order valence-corrected chi connectivity index (χ1v) is 13.0. The summed E-state index contributed by atoms with van der Waals surface area (Å²) in [4.78, 5) is 26.6. The maximum atomic E-state index is 12.8. The molecule has 1 aliphatic carbocycles. The number of hydrogen-bond donors (Lipinski definition) is 3. The van der Waals surface area contributed by atoms with Crippen molar-refractivity contribution in [3.63, 3.8) is 0 Å². The molecule has 2 aliphatic rings. The molecule has 0 radical (unpaired) electrons. The topological polar surface area (TPSA) is 99.3 Å². The molecule has 1 aromatic heterocycles. The molecule has 3 N–H and O–H groups in total. The number of rotatable bonds is 9. The standard InChI is InChI=1S/C26H45N5O3/c1-7-25(8-2)18-26(29-22(25)32)12-9-19(10-13-26)21-20(17-28-30-21)11-14-27-15-16-31(23(33)34-6)24(3,4)5/h17,19,27H,7-16,18H2,1-6H3,(H,28,30)(H,29,32). The molecule has 2 heterocycles. The van der Waals surface area contributed by atoms with Gasteiger partial charge in [-0.05, 0) is 84.2 Å². The van der Waals surface area contributed by atoms with Gasteiger partial charge in [0.1, 0.15) is 0 Å². The Morgan fingerprint density at radius 2 is 1.91 bits per heavy atom. The van der Waals surface area contributed by atoms with Gasteiger partial charge in [-0.15, -0.1) is 0 Å². The van der Waals surface area contributed by atoms with Gasteiger partial charge in [-0.1, -0.05) is 13.8 Å². The van der Waals surface area contributed by atoms with E-state index in [2.05, 4.69) is 34.7 Å². The average molecular weight is 476 g/mol. The minimum Gasteiger partial charge on any atom is -0.453 e. The molecule has 2 fully saturated rings. The largest absolute Gasteiger partial charge is 0.453 e. The lowest BCUT2D eigenvalue weighted by Gasteiger charge is -2.38. The van der Waals surface area contributed by atoms with Gasteiger partial charge in [0.05, 0.1) is 18.7 Å². The van der Waals surface area contributed by atoms with E-state index in [-0.39, 0.29) is 28.5 Å². The molecule has 1 aliphatic heterocycles. The summed E-state index contributed by atoms with van der Waals surface area (Å²) in [5, 5.41) is 14.5. The maximum Gasteiger partial charge on any atom is 0.409 e. The van der Waals surface area contributed by atoms with Crippen LogP contribution in [0, 0.1) is 5.41 Å². The van der Waals surface area contributed by atoms with E-state index >= 15 is 0 Å². The van der Waals surface area contributed by atoms with Gasteiger partial charge in [0, 0.05) is 35.8 Å². The molecule has 8 nitrogen and oxygen atoms in total. The SMILES string of the molecule is CCC1(CC)CC2(CCC(c3[nH]ncc3CCNCCN(C(=O)OC)C(C)(C)C)CC2)NC1=O. The van der Waals surface area contributed by atoms with Crippen LogP contribution >= 0.6 is 0 Å². The smallest absolute Gasteiger partial charge is 0.409 e. The lowest BCUT2D eigenvalue weighted by Crippen LogP contribution is -2.48. The Kier molecular flexibility index (Phi) is 8.32. The highest BCUT2D eigenvalue weighted by atomic mass is 16.5. The van der Waals surface area contributed by atoms with E-state index in [0.717, 1.165) is 57.9 Å². The summed E-state index contributed by atoms with van der Waals surface area (Å²) in [6.45, 7) is 12.5. The van der Waals surface area contributed by atoms with E-state index in [4.69, 9.17) is 4.74 Å². The molecule has 0 atom stereocenters. The number of carbonyl (C=O) groups is 2. The number of aromatic amines is 1. The van der Waals surface area contributed by atoms with Crippen LogP contribution in [0.15, 0.2) is 6.20 Å². The first-order chi connectivity index (χ1) is 16.1. The Morgan fingerprint density at radius 1 is 1.24 bits per heavy atom. The molecule has 1 spiro atoms. The zero-order valence-electron chi connectivity index (χ0n) is 22.1. The summed E-state index contributed by atoms with van der Waals surface area (Å²) in [6, 6.07) is 0. The molecule has 0 aromatic carbocycles. The van der Waals surface area contributed by atoms with E-state index in [0.29, 0.717) is 19.0 Å². The predicted molar refractivity (Wildman–Crippen MR) is 134 cm³/mol. The first-order valence-electron chi connectivity index (χ1n) is 13.0. The molecule has 1 aromatic rings. The van der Waals surface area contributed by atoms with Crippen molar-refractivity contribution in [2.24, 2.45) is 5.41 Å². The summed E-state index contributed by atoms with van der Waals surface area (Å²) < 4.78 is 4.93. The molecule has 192 valence electrons.